The van der Waals surface area contributed by atoms with Gasteiger partial charge in [0.25, 0.3) is 0 Å². The summed E-state index contributed by atoms with van der Waals surface area (Å²) < 4.78 is 0. The van der Waals surface area contributed by atoms with Crippen LogP contribution in [0.2, 0.25) is 0 Å². The maximum atomic E-state index is 11.2. The number of aliphatic hydroxyl groups excluding tert-OH is 6. The van der Waals surface area contributed by atoms with Crippen LogP contribution in [0.15, 0.2) is 48.5 Å². The molecule has 202 valence electrons. The lowest BCUT2D eigenvalue weighted by Gasteiger charge is -2.34. The second-order valence-electron chi connectivity index (χ2n) is 11.0. The van der Waals surface area contributed by atoms with E-state index >= 15 is 0 Å². The lowest BCUT2D eigenvalue weighted by Crippen LogP contribution is -2.52. The van der Waals surface area contributed by atoms with Gasteiger partial charge in [-0.05, 0) is 65.2 Å². The normalized spacial score (nSPS) is 18.0. The van der Waals surface area contributed by atoms with Crippen molar-refractivity contribution >= 4 is 0 Å². The minimum absolute atomic E-state index is 0.178. The highest BCUT2D eigenvalue weighted by molar-refractivity contribution is 5.27. The van der Waals surface area contributed by atoms with Gasteiger partial charge in [-0.15, -0.1) is 0 Å². The van der Waals surface area contributed by atoms with E-state index in [1.807, 2.05) is 12.1 Å². The summed E-state index contributed by atoms with van der Waals surface area (Å²) in [4.78, 5) is 0. The summed E-state index contributed by atoms with van der Waals surface area (Å²) in [5, 5.41) is 61.2. The molecule has 6 heteroatoms. The predicted molar refractivity (Wildman–Crippen MR) is 143 cm³/mol. The molecule has 0 aliphatic carbocycles. The molecule has 0 spiro atoms. The molecule has 0 bridgehead atoms. The number of hydrogen-bond donors (Lipinski definition) is 6. The van der Waals surface area contributed by atoms with Crippen molar-refractivity contribution in [3.63, 3.8) is 0 Å². The Labute approximate surface area is 216 Å². The Bertz CT molecular complexity index is 914. The lowest BCUT2D eigenvalue weighted by molar-refractivity contribution is -0.149. The molecule has 0 amide bonds. The van der Waals surface area contributed by atoms with Crippen molar-refractivity contribution in [3.05, 3.63) is 70.8 Å². The summed E-state index contributed by atoms with van der Waals surface area (Å²) in [5.41, 5.74) is 4.70. The Morgan fingerprint density at radius 3 is 1.56 bits per heavy atom. The highest BCUT2D eigenvalue weighted by Gasteiger charge is 2.37. The standard InChI is InChI=1S/C30H46O6/c1-18(2)23-10-6-8-21(14-23)12-20(5)13-25(16-22-9-7-11-24(15-22)19(3)4)27(33)29(35)30(36)28(34)26(32)17-31/h6-11,14-15,18-20,25-36H,12-13,16-17H2,1-5H3/t20?,25?,26-,27?,28+,29+,30-/m0/s1. The average molecular weight is 503 g/mol. The van der Waals surface area contributed by atoms with Crippen LogP contribution in [0.25, 0.3) is 0 Å². The van der Waals surface area contributed by atoms with E-state index < -0.39 is 43.0 Å². The smallest absolute Gasteiger partial charge is 0.111 e. The molecule has 36 heavy (non-hydrogen) atoms. The van der Waals surface area contributed by atoms with Gasteiger partial charge >= 0.3 is 0 Å². The maximum Gasteiger partial charge on any atom is 0.111 e. The molecule has 0 heterocycles. The zero-order valence-corrected chi connectivity index (χ0v) is 22.3. The van der Waals surface area contributed by atoms with Gasteiger partial charge < -0.3 is 30.6 Å². The lowest BCUT2D eigenvalue weighted by atomic mass is 9.80. The first-order chi connectivity index (χ1) is 16.9. The fourth-order valence-corrected chi connectivity index (χ4v) is 4.83. The first-order valence-electron chi connectivity index (χ1n) is 13.1. The second-order valence-corrected chi connectivity index (χ2v) is 11.0. The largest absolute Gasteiger partial charge is 0.394 e. The van der Waals surface area contributed by atoms with E-state index in [1.54, 1.807) is 0 Å². The minimum Gasteiger partial charge on any atom is -0.394 e. The van der Waals surface area contributed by atoms with Crippen LogP contribution < -0.4 is 0 Å². The fourth-order valence-electron chi connectivity index (χ4n) is 4.83. The molecule has 0 saturated heterocycles. The number of hydrogen-bond acceptors (Lipinski definition) is 6. The van der Waals surface area contributed by atoms with Crippen molar-refractivity contribution in [2.75, 3.05) is 6.61 Å². The van der Waals surface area contributed by atoms with Gasteiger partial charge in [-0.1, -0.05) is 83.1 Å². The van der Waals surface area contributed by atoms with Crippen molar-refractivity contribution in [1.82, 2.24) is 0 Å². The zero-order chi connectivity index (χ0) is 27.0. The molecule has 3 unspecified atom stereocenters. The summed E-state index contributed by atoms with van der Waals surface area (Å²) >= 11 is 0. The molecule has 2 aromatic rings. The average Bonchev–Trinajstić information content (AvgIpc) is 2.86. The van der Waals surface area contributed by atoms with Crippen LogP contribution in [0.1, 0.15) is 75.1 Å². The molecule has 2 rings (SSSR count). The van der Waals surface area contributed by atoms with Crippen LogP contribution in [-0.2, 0) is 12.8 Å². The Morgan fingerprint density at radius 2 is 1.08 bits per heavy atom. The van der Waals surface area contributed by atoms with Crippen molar-refractivity contribution < 1.29 is 30.6 Å². The Morgan fingerprint density at radius 1 is 0.611 bits per heavy atom. The predicted octanol–water partition coefficient (Wildman–Crippen LogP) is 3.16. The summed E-state index contributed by atoms with van der Waals surface area (Å²) in [6, 6.07) is 16.7. The third kappa shape index (κ3) is 8.65. The van der Waals surface area contributed by atoms with E-state index in [0.717, 1.165) is 12.0 Å². The van der Waals surface area contributed by atoms with Gasteiger partial charge in [0.1, 0.15) is 24.4 Å². The van der Waals surface area contributed by atoms with E-state index in [4.69, 9.17) is 5.11 Å². The van der Waals surface area contributed by atoms with Crippen LogP contribution in [0, 0.1) is 11.8 Å². The van der Waals surface area contributed by atoms with Gasteiger partial charge in [-0.3, -0.25) is 0 Å². The van der Waals surface area contributed by atoms with E-state index in [1.165, 1.54) is 16.7 Å². The second kappa shape index (κ2) is 14.2. The Balaban J connectivity index is 2.25. The van der Waals surface area contributed by atoms with Crippen molar-refractivity contribution in [2.24, 2.45) is 11.8 Å². The highest BCUT2D eigenvalue weighted by atomic mass is 16.4. The van der Waals surface area contributed by atoms with Crippen molar-refractivity contribution in [3.8, 4) is 0 Å². The van der Waals surface area contributed by atoms with Gasteiger partial charge in [-0.25, -0.2) is 0 Å². The van der Waals surface area contributed by atoms with Crippen LogP contribution in [0.5, 0.6) is 0 Å². The molecule has 0 aromatic heterocycles. The highest BCUT2D eigenvalue weighted by Crippen LogP contribution is 2.28. The fraction of sp³-hybridized carbons (Fsp3) is 0.600. The van der Waals surface area contributed by atoms with E-state index in [9.17, 15) is 25.5 Å². The topological polar surface area (TPSA) is 121 Å². The van der Waals surface area contributed by atoms with Gasteiger partial charge in [0.15, 0.2) is 0 Å². The molecule has 7 atom stereocenters. The third-order valence-electron chi connectivity index (χ3n) is 7.14. The van der Waals surface area contributed by atoms with Crippen LogP contribution in [0.3, 0.4) is 0 Å². The van der Waals surface area contributed by atoms with E-state index in [-0.39, 0.29) is 5.92 Å². The molecule has 2 aromatic carbocycles. The van der Waals surface area contributed by atoms with Gasteiger partial charge in [-0.2, -0.15) is 0 Å². The van der Waals surface area contributed by atoms with Gasteiger partial charge in [0.2, 0.25) is 0 Å². The van der Waals surface area contributed by atoms with Crippen molar-refractivity contribution in [1.29, 1.82) is 0 Å². The molecule has 0 fully saturated rings. The number of rotatable bonds is 14. The zero-order valence-electron chi connectivity index (χ0n) is 22.3. The SMILES string of the molecule is CC(Cc1cccc(C(C)C)c1)CC(Cc1cccc(C(C)C)c1)C(O)[C@@H](O)[C@@H](O)[C@H](O)[C@@H](O)CO. The maximum absolute atomic E-state index is 11.2. The summed E-state index contributed by atoms with van der Waals surface area (Å²) in [6.45, 7) is 9.90. The molecule has 0 aliphatic rings. The molecule has 6 N–H and O–H groups in total. The molecule has 0 radical (unpaired) electrons. The number of benzene rings is 2. The van der Waals surface area contributed by atoms with Gasteiger partial charge in [0, 0.05) is 0 Å². The van der Waals surface area contributed by atoms with E-state index in [0.29, 0.717) is 24.7 Å². The Kier molecular flexibility index (Phi) is 12.0. The first kappa shape index (κ1) is 30.4. The van der Waals surface area contributed by atoms with E-state index in [2.05, 4.69) is 71.0 Å². The Hall–Kier alpha value is -1.80. The van der Waals surface area contributed by atoms with Gasteiger partial charge in [0.05, 0.1) is 12.7 Å². The molecule has 0 saturated carbocycles. The van der Waals surface area contributed by atoms with Crippen LogP contribution >= 0.6 is 0 Å². The number of aliphatic hydroxyl groups is 6. The molecule has 0 aliphatic heterocycles. The summed E-state index contributed by atoms with van der Waals surface area (Å²) in [7, 11) is 0. The first-order valence-corrected chi connectivity index (χ1v) is 13.1. The van der Waals surface area contributed by atoms with Crippen LogP contribution in [-0.4, -0.2) is 67.8 Å². The summed E-state index contributed by atoms with van der Waals surface area (Å²) in [6.07, 6.45) is -6.34. The third-order valence-corrected chi connectivity index (χ3v) is 7.14. The summed E-state index contributed by atoms with van der Waals surface area (Å²) in [5.74, 6) is 0.555. The molecular weight excluding hydrogens is 456 g/mol. The monoisotopic (exact) mass is 502 g/mol. The molecular formula is C30H46O6. The quantitative estimate of drug-likeness (QED) is 0.236. The van der Waals surface area contributed by atoms with Crippen molar-refractivity contribution in [2.45, 2.75) is 96.2 Å². The molecule has 6 nitrogen and oxygen atoms in total. The minimum atomic E-state index is -1.80. The van der Waals surface area contributed by atoms with Crippen LogP contribution in [0.4, 0.5) is 0 Å².